The summed E-state index contributed by atoms with van der Waals surface area (Å²) in [5.74, 6) is -0.0653. The predicted molar refractivity (Wildman–Crippen MR) is 92.9 cm³/mol. The first-order chi connectivity index (χ1) is 12.0. The van der Waals surface area contributed by atoms with Crippen molar-refractivity contribution in [1.29, 1.82) is 0 Å². The van der Waals surface area contributed by atoms with Crippen LogP contribution in [-0.4, -0.2) is 36.5 Å². The van der Waals surface area contributed by atoms with Gasteiger partial charge in [-0.15, -0.1) is 0 Å². The number of benzene rings is 1. The van der Waals surface area contributed by atoms with Crippen molar-refractivity contribution in [3.8, 4) is 0 Å². The third-order valence-electron chi connectivity index (χ3n) is 4.17. The number of nitrogens with zero attached hydrogens (tertiary/aromatic N) is 2. The Morgan fingerprint density at radius 3 is 2.68 bits per heavy atom. The average Bonchev–Trinajstić information content (AvgIpc) is 3.01. The molecule has 132 valence electrons. The third kappa shape index (κ3) is 3.35. The molecule has 3 rings (SSSR count). The van der Waals surface area contributed by atoms with Crippen LogP contribution in [-0.2, 0) is 9.53 Å². The molecule has 7 heteroatoms. The summed E-state index contributed by atoms with van der Waals surface area (Å²) in [5.41, 5.74) is 1.85. The van der Waals surface area contributed by atoms with Crippen molar-refractivity contribution in [3.63, 3.8) is 0 Å². The van der Waals surface area contributed by atoms with Gasteiger partial charge in [-0.1, -0.05) is 12.1 Å². The molecule has 2 unspecified atom stereocenters. The van der Waals surface area contributed by atoms with Crippen LogP contribution in [0.15, 0.2) is 52.9 Å². The zero-order valence-corrected chi connectivity index (χ0v) is 14.4. The largest absolute Gasteiger partial charge is 0.463 e. The van der Waals surface area contributed by atoms with Gasteiger partial charge < -0.3 is 20.3 Å². The Morgan fingerprint density at radius 1 is 1.36 bits per heavy atom. The van der Waals surface area contributed by atoms with E-state index < -0.39 is 12.0 Å². The summed E-state index contributed by atoms with van der Waals surface area (Å²) < 4.78 is 18.5. The van der Waals surface area contributed by atoms with Crippen LogP contribution < -0.4 is 10.6 Å². The molecule has 0 aromatic heterocycles. The number of nitrogens with one attached hydrogen (secondary N) is 2. The van der Waals surface area contributed by atoms with Crippen LogP contribution in [0.4, 0.5) is 4.39 Å². The summed E-state index contributed by atoms with van der Waals surface area (Å²) in [4.78, 5) is 19.1. The van der Waals surface area contributed by atoms with Gasteiger partial charge in [0.1, 0.15) is 17.7 Å². The van der Waals surface area contributed by atoms with Crippen molar-refractivity contribution in [3.05, 3.63) is 59.3 Å². The van der Waals surface area contributed by atoms with Gasteiger partial charge in [-0.05, 0) is 31.5 Å². The number of rotatable bonds is 4. The fourth-order valence-electron chi connectivity index (χ4n) is 2.93. The molecule has 0 spiro atoms. The summed E-state index contributed by atoms with van der Waals surface area (Å²) in [6.45, 7) is 3.85. The van der Waals surface area contributed by atoms with Crippen molar-refractivity contribution in [2.24, 2.45) is 4.99 Å². The standard InChI is InChI=1S/C18H21FN4O2/c1-4-25-18(24)14-11(2)21-16(17-20-9-10-23(17)3)22-15(14)12-5-7-13(19)8-6-12/h5-10,15,17,20H,4H2,1-3H3,(H,21,22). The van der Waals surface area contributed by atoms with E-state index in [1.807, 2.05) is 31.3 Å². The molecular formula is C18H21FN4O2. The van der Waals surface area contributed by atoms with Crippen LogP contribution in [0.25, 0.3) is 0 Å². The van der Waals surface area contributed by atoms with Crippen LogP contribution in [0.5, 0.6) is 0 Å². The lowest BCUT2D eigenvalue weighted by molar-refractivity contribution is -0.138. The normalized spacial score (nSPS) is 22.4. The Balaban J connectivity index is 2.00. The number of halogens is 1. The Kier molecular flexibility index (Phi) is 4.74. The maximum atomic E-state index is 13.3. The van der Waals surface area contributed by atoms with Crippen LogP contribution >= 0.6 is 0 Å². The number of amidine groups is 1. The monoisotopic (exact) mass is 344 g/mol. The highest BCUT2D eigenvalue weighted by atomic mass is 19.1. The summed E-state index contributed by atoms with van der Waals surface area (Å²) in [6, 6.07) is 5.47. The zero-order valence-electron chi connectivity index (χ0n) is 14.4. The molecule has 0 saturated heterocycles. The number of ether oxygens (including phenoxy) is 1. The average molecular weight is 344 g/mol. The molecule has 6 nitrogen and oxygen atoms in total. The van der Waals surface area contributed by atoms with Crippen LogP contribution in [0.1, 0.15) is 25.5 Å². The van der Waals surface area contributed by atoms with E-state index in [0.29, 0.717) is 17.1 Å². The maximum Gasteiger partial charge on any atom is 0.338 e. The number of aliphatic imine (C=N–C) groups is 1. The molecule has 0 amide bonds. The van der Waals surface area contributed by atoms with Gasteiger partial charge in [0.25, 0.3) is 0 Å². The second-order valence-corrected chi connectivity index (χ2v) is 5.90. The fraction of sp³-hybridized carbons (Fsp3) is 0.333. The van der Waals surface area contributed by atoms with E-state index in [0.717, 1.165) is 5.56 Å². The van der Waals surface area contributed by atoms with E-state index in [4.69, 9.17) is 9.73 Å². The topological polar surface area (TPSA) is 66.0 Å². The number of allylic oxidation sites excluding steroid dienone is 1. The molecule has 2 heterocycles. The van der Waals surface area contributed by atoms with Gasteiger partial charge in [-0.25, -0.2) is 9.18 Å². The van der Waals surface area contributed by atoms with Crippen LogP contribution in [0.3, 0.4) is 0 Å². The number of carbonyl (C=O) groups excluding carboxylic acids is 1. The first-order valence-corrected chi connectivity index (χ1v) is 8.14. The quantitative estimate of drug-likeness (QED) is 0.819. The molecule has 0 radical (unpaired) electrons. The first-order valence-electron chi connectivity index (χ1n) is 8.14. The Hall–Kier alpha value is -2.83. The van der Waals surface area contributed by atoms with E-state index in [1.165, 1.54) is 12.1 Å². The van der Waals surface area contributed by atoms with Gasteiger partial charge in [-0.3, -0.25) is 4.99 Å². The zero-order chi connectivity index (χ0) is 18.0. The summed E-state index contributed by atoms with van der Waals surface area (Å²) in [7, 11) is 1.93. The Labute approximate surface area is 146 Å². The van der Waals surface area contributed by atoms with E-state index in [-0.39, 0.29) is 18.6 Å². The van der Waals surface area contributed by atoms with Gasteiger partial charge >= 0.3 is 5.97 Å². The van der Waals surface area contributed by atoms with Gasteiger partial charge in [0.05, 0.1) is 12.2 Å². The lowest BCUT2D eigenvalue weighted by atomic mass is 9.96. The maximum absolute atomic E-state index is 13.3. The van der Waals surface area contributed by atoms with Gasteiger partial charge in [0.15, 0.2) is 6.17 Å². The van der Waals surface area contributed by atoms with Crippen LogP contribution in [0, 0.1) is 5.82 Å². The Bertz CT molecular complexity index is 755. The molecule has 0 aliphatic carbocycles. The number of hydrogen-bond donors (Lipinski definition) is 2. The van der Waals surface area contributed by atoms with E-state index in [2.05, 4.69) is 10.6 Å². The number of likely N-dealkylation sites (N-methyl/N-ethyl adjacent to an activating group) is 1. The SMILES string of the molecule is CCOC(=O)C1=C(C)NC(C2NC=CN2C)=NC1c1ccc(F)cc1. The number of hydrogen-bond acceptors (Lipinski definition) is 6. The fourth-order valence-corrected chi connectivity index (χ4v) is 2.93. The summed E-state index contributed by atoms with van der Waals surface area (Å²) in [5, 5.41) is 6.40. The first kappa shape index (κ1) is 17.0. The van der Waals surface area contributed by atoms with Crippen molar-refractivity contribution in [1.82, 2.24) is 15.5 Å². The molecule has 0 fully saturated rings. The second-order valence-electron chi connectivity index (χ2n) is 5.90. The van der Waals surface area contributed by atoms with Gasteiger partial charge in [0, 0.05) is 25.1 Å². The molecule has 0 saturated carbocycles. The molecule has 2 aliphatic heterocycles. The second kappa shape index (κ2) is 6.96. The summed E-state index contributed by atoms with van der Waals surface area (Å²) >= 11 is 0. The van der Waals surface area contributed by atoms with E-state index in [1.54, 1.807) is 19.1 Å². The van der Waals surface area contributed by atoms with E-state index >= 15 is 0 Å². The Morgan fingerprint density at radius 2 is 2.08 bits per heavy atom. The highest BCUT2D eigenvalue weighted by molar-refractivity contribution is 5.97. The van der Waals surface area contributed by atoms with Crippen molar-refractivity contribution >= 4 is 11.8 Å². The number of carbonyl (C=O) groups is 1. The molecule has 2 atom stereocenters. The molecule has 1 aromatic carbocycles. The minimum atomic E-state index is -0.549. The van der Waals surface area contributed by atoms with Gasteiger partial charge in [0.2, 0.25) is 0 Å². The molecule has 2 N–H and O–H groups in total. The highest BCUT2D eigenvalue weighted by Gasteiger charge is 2.33. The molecule has 2 aliphatic rings. The minimum absolute atomic E-state index is 0.151. The molecule has 0 bridgehead atoms. The minimum Gasteiger partial charge on any atom is -0.463 e. The summed E-state index contributed by atoms with van der Waals surface area (Å²) in [6.07, 6.45) is 3.59. The predicted octanol–water partition coefficient (Wildman–Crippen LogP) is 2.04. The van der Waals surface area contributed by atoms with Crippen molar-refractivity contribution in [2.45, 2.75) is 26.1 Å². The van der Waals surface area contributed by atoms with Crippen LogP contribution in [0.2, 0.25) is 0 Å². The lowest BCUT2D eigenvalue weighted by Crippen LogP contribution is -2.49. The number of esters is 1. The third-order valence-corrected chi connectivity index (χ3v) is 4.17. The van der Waals surface area contributed by atoms with Gasteiger partial charge in [-0.2, -0.15) is 0 Å². The van der Waals surface area contributed by atoms with Crippen molar-refractivity contribution < 1.29 is 13.9 Å². The molecule has 1 aromatic rings. The lowest BCUT2D eigenvalue weighted by Gasteiger charge is -2.31. The molecular weight excluding hydrogens is 323 g/mol. The highest BCUT2D eigenvalue weighted by Crippen LogP contribution is 2.32. The van der Waals surface area contributed by atoms with E-state index in [9.17, 15) is 9.18 Å². The molecule has 25 heavy (non-hydrogen) atoms. The van der Waals surface area contributed by atoms with Crippen molar-refractivity contribution in [2.75, 3.05) is 13.7 Å². The smallest absolute Gasteiger partial charge is 0.338 e.